The molecule has 0 saturated heterocycles. The lowest BCUT2D eigenvalue weighted by atomic mass is 9.95. The minimum absolute atomic E-state index is 0.0541. The molecule has 0 unspecified atom stereocenters. The van der Waals surface area contributed by atoms with Gasteiger partial charge in [0.05, 0.1) is 10.6 Å². The van der Waals surface area contributed by atoms with E-state index < -0.39 is 0 Å². The molecule has 1 saturated carbocycles. The number of hydrogen-bond acceptors (Lipinski definition) is 7. The van der Waals surface area contributed by atoms with Crippen LogP contribution in [0.4, 0.5) is 11.6 Å². The van der Waals surface area contributed by atoms with Crippen LogP contribution in [-0.4, -0.2) is 49.6 Å². The molecule has 1 fully saturated rings. The number of phenols is 1. The molecule has 190 valence electrons. The van der Waals surface area contributed by atoms with Crippen molar-refractivity contribution in [3.05, 3.63) is 46.0 Å². The summed E-state index contributed by atoms with van der Waals surface area (Å²) in [5.74, 6) is 1.21. The number of carbonyl (C=O) groups excluding carboxylic acids is 1. The lowest BCUT2D eigenvalue weighted by Gasteiger charge is -2.30. The summed E-state index contributed by atoms with van der Waals surface area (Å²) in [6.07, 6.45) is 10.6. The summed E-state index contributed by atoms with van der Waals surface area (Å²) in [4.78, 5) is 15.2. The van der Waals surface area contributed by atoms with E-state index in [9.17, 15) is 9.90 Å². The molecule has 2 aliphatic carbocycles. The first-order valence-electron chi connectivity index (χ1n) is 12.6. The number of hydrogen-bond donors (Lipinski definition) is 3. The van der Waals surface area contributed by atoms with Gasteiger partial charge in [0, 0.05) is 24.3 Å². The number of tetrazole rings is 1. The fourth-order valence-electron chi connectivity index (χ4n) is 5.32. The number of aromatic amines is 1. The van der Waals surface area contributed by atoms with Gasteiger partial charge in [-0.25, -0.2) is 5.10 Å². The zero-order valence-electron chi connectivity index (χ0n) is 20.4. The summed E-state index contributed by atoms with van der Waals surface area (Å²) in [6, 6.07) is 6.76. The number of aromatic nitrogens is 4. The van der Waals surface area contributed by atoms with Crippen molar-refractivity contribution in [2.24, 2.45) is 0 Å². The highest BCUT2D eigenvalue weighted by molar-refractivity contribution is 6.32. The van der Waals surface area contributed by atoms with E-state index in [2.05, 4.69) is 25.9 Å². The summed E-state index contributed by atoms with van der Waals surface area (Å²) in [7, 11) is 1.83. The predicted octanol–water partition coefficient (Wildman–Crippen LogP) is 5.77. The molecule has 10 heteroatoms. The van der Waals surface area contributed by atoms with Crippen LogP contribution < -0.4 is 10.1 Å². The van der Waals surface area contributed by atoms with Crippen LogP contribution >= 0.6 is 11.6 Å². The first-order chi connectivity index (χ1) is 17.5. The minimum atomic E-state index is -0.194. The average molecular weight is 511 g/mol. The molecule has 1 aromatic heterocycles. The van der Waals surface area contributed by atoms with Gasteiger partial charge in [0.1, 0.15) is 17.2 Å². The molecule has 1 heterocycles. The summed E-state index contributed by atoms with van der Waals surface area (Å²) < 4.78 is 6.26. The highest BCUT2D eigenvalue weighted by atomic mass is 35.5. The number of carbonyl (C=O) groups is 1. The number of fused-ring (bicyclic) bond motifs is 1. The van der Waals surface area contributed by atoms with E-state index in [4.69, 9.17) is 16.3 Å². The lowest BCUT2D eigenvalue weighted by Crippen LogP contribution is -2.37. The van der Waals surface area contributed by atoms with E-state index in [1.54, 1.807) is 23.1 Å². The summed E-state index contributed by atoms with van der Waals surface area (Å²) in [5.41, 5.74) is 3.19. The third-order valence-corrected chi connectivity index (χ3v) is 7.55. The van der Waals surface area contributed by atoms with Gasteiger partial charge < -0.3 is 20.1 Å². The summed E-state index contributed by atoms with van der Waals surface area (Å²) in [5, 5.41) is 27.9. The third kappa shape index (κ3) is 5.11. The Balaban J connectivity index is 1.39. The van der Waals surface area contributed by atoms with Gasteiger partial charge in [-0.05, 0) is 72.4 Å². The van der Waals surface area contributed by atoms with Crippen LogP contribution in [0.1, 0.15) is 72.9 Å². The lowest BCUT2D eigenvalue weighted by molar-refractivity contribution is 0.0703. The molecule has 0 atom stereocenters. The smallest absolute Gasteiger partial charge is 0.257 e. The number of benzene rings is 2. The van der Waals surface area contributed by atoms with E-state index in [1.165, 1.54) is 25.3 Å². The molecule has 0 spiro atoms. The highest BCUT2D eigenvalue weighted by Gasteiger charge is 2.26. The van der Waals surface area contributed by atoms with Crippen LogP contribution in [0, 0.1) is 0 Å². The Labute approximate surface area is 215 Å². The maximum Gasteiger partial charge on any atom is 0.257 e. The maximum atomic E-state index is 13.4. The van der Waals surface area contributed by atoms with Crippen LogP contribution in [0.15, 0.2) is 24.3 Å². The second kappa shape index (κ2) is 10.7. The van der Waals surface area contributed by atoms with E-state index >= 15 is 0 Å². The van der Waals surface area contributed by atoms with E-state index in [-0.39, 0.29) is 23.3 Å². The minimum Gasteiger partial charge on any atom is -0.507 e. The number of H-pyrrole nitrogens is 1. The van der Waals surface area contributed by atoms with Crippen molar-refractivity contribution >= 4 is 29.1 Å². The van der Waals surface area contributed by atoms with Gasteiger partial charge in [0.2, 0.25) is 5.95 Å². The van der Waals surface area contributed by atoms with Gasteiger partial charge >= 0.3 is 0 Å². The van der Waals surface area contributed by atoms with Crippen molar-refractivity contribution in [2.75, 3.05) is 12.4 Å². The van der Waals surface area contributed by atoms with Crippen LogP contribution in [0.2, 0.25) is 5.02 Å². The van der Waals surface area contributed by atoms with Crippen LogP contribution in [0.3, 0.4) is 0 Å². The quantitative estimate of drug-likeness (QED) is 0.385. The molecule has 0 radical (unpaired) electrons. The fraction of sp³-hybridized carbons (Fsp3) is 0.462. The Morgan fingerprint density at radius 1 is 1.11 bits per heavy atom. The predicted molar refractivity (Wildman–Crippen MR) is 137 cm³/mol. The Kier molecular flexibility index (Phi) is 7.27. The topological polar surface area (TPSA) is 116 Å². The number of nitrogens with one attached hydrogen (secondary N) is 2. The molecule has 3 aromatic rings. The molecular formula is C26H31ClN6O3. The monoisotopic (exact) mass is 510 g/mol. The summed E-state index contributed by atoms with van der Waals surface area (Å²) in [6.45, 7) is 0. The zero-order chi connectivity index (χ0) is 25.1. The van der Waals surface area contributed by atoms with E-state index in [0.717, 1.165) is 61.8 Å². The molecule has 0 aliphatic heterocycles. The number of ether oxygens (including phenoxy) is 1. The molecule has 2 aromatic carbocycles. The molecule has 3 N–H and O–H groups in total. The normalized spacial score (nSPS) is 16.2. The van der Waals surface area contributed by atoms with Crippen LogP contribution in [0.5, 0.6) is 17.2 Å². The number of aromatic hydroxyl groups is 1. The van der Waals surface area contributed by atoms with Gasteiger partial charge in [-0.2, -0.15) is 0 Å². The zero-order valence-corrected chi connectivity index (χ0v) is 21.1. The first kappa shape index (κ1) is 24.4. The van der Waals surface area contributed by atoms with Crippen molar-refractivity contribution < 1.29 is 14.6 Å². The number of amides is 1. The molecule has 5 rings (SSSR count). The highest BCUT2D eigenvalue weighted by Crippen LogP contribution is 2.44. The van der Waals surface area contributed by atoms with Crippen molar-refractivity contribution in [1.29, 1.82) is 0 Å². The maximum absolute atomic E-state index is 13.4. The Morgan fingerprint density at radius 3 is 2.61 bits per heavy atom. The average Bonchev–Trinajstić information content (AvgIpc) is 3.54. The molecule has 2 aliphatic rings. The van der Waals surface area contributed by atoms with Gasteiger partial charge in [0.25, 0.3) is 5.91 Å². The standard InChI is InChI=1S/C26H31ClN6O3/c1-33(16-8-5-3-2-4-6-9-16)25(35)20-14-17(12-13-23(20)34)36-24-19-11-7-10-18(19)22(15-21(24)27)28-26-29-31-32-30-26/h12-16,34H,2-11H2,1H3,(H2,28,29,30,31,32). The van der Waals surface area contributed by atoms with Gasteiger partial charge in [-0.3, -0.25) is 4.79 Å². The number of nitrogens with zero attached hydrogens (tertiary/aromatic N) is 4. The SMILES string of the molecule is CN(C(=O)c1cc(Oc2c(Cl)cc(Nc3nnn[nH]3)c3c2CCC3)ccc1O)C1CCCCCCC1. The van der Waals surface area contributed by atoms with Crippen LogP contribution in [-0.2, 0) is 12.8 Å². The van der Waals surface area contributed by atoms with E-state index in [1.807, 2.05) is 7.05 Å². The van der Waals surface area contributed by atoms with Gasteiger partial charge in [0.15, 0.2) is 0 Å². The molecular weight excluding hydrogens is 480 g/mol. The largest absolute Gasteiger partial charge is 0.507 e. The van der Waals surface area contributed by atoms with Crippen molar-refractivity contribution in [1.82, 2.24) is 25.5 Å². The Bertz CT molecular complexity index is 1220. The number of phenolic OH excluding ortho intramolecular Hbond substituents is 1. The Hall–Kier alpha value is -3.33. The van der Waals surface area contributed by atoms with E-state index in [0.29, 0.717) is 22.5 Å². The number of anilines is 2. The molecule has 1 amide bonds. The van der Waals surface area contributed by atoms with Crippen molar-refractivity contribution in [2.45, 2.75) is 70.3 Å². The van der Waals surface area contributed by atoms with Crippen molar-refractivity contribution in [3.63, 3.8) is 0 Å². The summed E-state index contributed by atoms with van der Waals surface area (Å²) >= 11 is 6.67. The molecule has 0 bridgehead atoms. The van der Waals surface area contributed by atoms with Gasteiger partial charge in [-0.1, -0.05) is 48.8 Å². The first-order valence-corrected chi connectivity index (χ1v) is 13.0. The second-order valence-corrected chi connectivity index (χ2v) is 10.0. The third-order valence-electron chi connectivity index (χ3n) is 7.26. The Morgan fingerprint density at radius 2 is 1.86 bits per heavy atom. The van der Waals surface area contributed by atoms with Crippen LogP contribution in [0.25, 0.3) is 0 Å². The number of rotatable bonds is 6. The molecule has 36 heavy (non-hydrogen) atoms. The van der Waals surface area contributed by atoms with Crippen molar-refractivity contribution in [3.8, 4) is 17.2 Å². The second-order valence-electron chi connectivity index (χ2n) is 9.62. The number of halogens is 1. The molecule has 9 nitrogen and oxygen atoms in total. The fourth-order valence-corrected chi connectivity index (χ4v) is 5.58. The van der Waals surface area contributed by atoms with Gasteiger partial charge in [-0.15, -0.1) is 0 Å².